The molecule has 7 N–H and O–H groups in total. The second-order valence-corrected chi connectivity index (χ2v) is 16.9. The van der Waals surface area contributed by atoms with Crippen LogP contribution in [0.3, 0.4) is 0 Å². The number of rotatable bonds is 11. The lowest BCUT2D eigenvalue weighted by molar-refractivity contribution is -0.192. The highest BCUT2D eigenvalue weighted by atomic mass is 19.4. The predicted molar refractivity (Wildman–Crippen MR) is 224 cm³/mol. The van der Waals surface area contributed by atoms with E-state index in [0.29, 0.717) is 57.0 Å². The lowest BCUT2D eigenvalue weighted by Gasteiger charge is -2.37. The molecule has 0 radical (unpaired) electrons. The van der Waals surface area contributed by atoms with E-state index in [-0.39, 0.29) is 41.5 Å². The van der Waals surface area contributed by atoms with Gasteiger partial charge in [-0.2, -0.15) is 18.4 Å². The number of halogens is 3. The van der Waals surface area contributed by atoms with Gasteiger partial charge in [-0.15, -0.1) is 10.2 Å². The average Bonchev–Trinajstić information content (AvgIpc) is 3.78. The van der Waals surface area contributed by atoms with Gasteiger partial charge in [0, 0.05) is 73.5 Å². The number of benzene rings is 2. The molecule has 3 atom stereocenters. The van der Waals surface area contributed by atoms with E-state index in [1.807, 2.05) is 45.0 Å². The topological polar surface area (TPSA) is 253 Å². The molecule has 2 unspecified atom stereocenters. The lowest BCUT2D eigenvalue weighted by Crippen LogP contribution is -2.56. The van der Waals surface area contributed by atoms with Crippen molar-refractivity contribution in [3.05, 3.63) is 71.9 Å². The molecular weight excluding hydrogens is 830 g/mol. The van der Waals surface area contributed by atoms with Crippen molar-refractivity contribution >= 4 is 41.4 Å². The fourth-order valence-corrected chi connectivity index (χ4v) is 7.48. The van der Waals surface area contributed by atoms with E-state index in [4.69, 9.17) is 14.6 Å². The molecule has 0 bridgehead atoms. The van der Waals surface area contributed by atoms with Crippen LogP contribution in [-0.4, -0.2) is 121 Å². The molecule has 1 aromatic heterocycles. The van der Waals surface area contributed by atoms with Crippen LogP contribution in [-0.2, 0) is 31.0 Å². The highest BCUT2D eigenvalue weighted by Crippen LogP contribution is 2.34. The summed E-state index contributed by atoms with van der Waals surface area (Å²) in [5, 5.41) is 43.0. The first-order chi connectivity index (χ1) is 29.7. The standard InChI is InChI=1S/C40H52N10O6.C2HF3O2/c1-39(2,3)56-37(53)43-23-26-5-9-28(10-6-26)35(51)45-31(36(52)44-30-15-11-27(12-16-30)34-46-48-49-47-34)21-25-7-13-29(14-8-25)40(4)17-18-41-32(22-40)33-24-50(38(54)55)20-19-42-33;3-2(4,5)1(6)7/h7-8,11-18,26,28,31,33,42H,5-6,9-10,19-24H2,1-4H3,(H,43,53)(H,44,52)(H,45,51)(H,54,55)(H,46,47,48,49);(H,6,7)/t26?,28?,31-,33?,40?;/m0./s1. The number of allylic oxidation sites excluding steroid dienone is 1. The van der Waals surface area contributed by atoms with Crippen LogP contribution in [0.2, 0.25) is 0 Å². The lowest BCUT2D eigenvalue weighted by atomic mass is 9.75. The Bertz CT molecular complexity index is 2120. The maximum atomic E-state index is 13.9. The number of hydrogen-bond acceptors (Lipinski definition) is 11. The number of carboxylic acids is 1. The number of nitrogens with zero attached hydrogens (tertiary/aromatic N) is 5. The van der Waals surface area contributed by atoms with Crippen molar-refractivity contribution < 1.29 is 52.1 Å². The Kier molecular flexibility index (Phi) is 15.6. The number of alkyl halides is 3. The Morgan fingerprint density at radius 2 is 1.65 bits per heavy atom. The van der Waals surface area contributed by atoms with Crippen LogP contribution in [0.5, 0.6) is 0 Å². The first kappa shape index (κ1) is 47.7. The van der Waals surface area contributed by atoms with Crippen molar-refractivity contribution in [2.24, 2.45) is 16.8 Å². The monoisotopic (exact) mass is 882 g/mol. The maximum Gasteiger partial charge on any atom is 0.490 e. The van der Waals surface area contributed by atoms with E-state index in [2.05, 4.69) is 59.9 Å². The second-order valence-electron chi connectivity index (χ2n) is 16.9. The summed E-state index contributed by atoms with van der Waals surface area (Å²) in [7, 11) is 0. The summed E-state index contributed by atoms with van der Waals surface area (Å²) in [6, 6.07) is 14.1. The highest BCUT2D eigenvalue weighted by molar-refractivity contribution is 5.98. The Hall–Kier alpha value is -6.38. The number of nitrogens with one attached hydrogen (secondary N) is 5. The van der Waals surface area contributed by atoms with E-state index in [1.54, 1.807) is 30.5 Å². The number of aliphatic imine (C=N–C) groups is 1. The summed E-state index contributed by atoms with van der Waals surface area (Å²) in [6.45, 7) is 9.44. The van der Waals surface area contributed by atoms with E-state index >= 15 is 0 Å². The van der Waals surface area contributed by atoms with Gasteiger partial charge in [-0.1, -0.05) is 37.3 Å². The van der Waals surface area contributed by atoms with Crippen molar-refractivity contribution in [2.75, 3.05) is 31.5 Å². The Morgan fingerprint density at radius 3 is 2.24 bits per heavy atom. The van der Waals surface area contributed by atoms with Crippen LogP contribution in [0.1, 0.15) is 70.9 Å². The van der Waals surface area contributed by atoms with Gasteiger partial charge in [0.1, 0.15) is 11.6 Å². The van der Waals surface area contributed by atoms with Crippen LogP contribution in [0.4, 0.5) is 28.4 Å². The molecule has 0 spiro atoms. The van der Waals surface area contributed by atoms with Gasteiger partial charge in [-0.3, -0.25) is 14.6 Å². The third-order valence-electron chi connectivity index (χ3n) is 10.9. The summed E-state index contributed by atoms with van der Waals surface area (Å²) >= 11 is 0. The fraction of sp³-hybridized carbons (Fsp3) is 0.500. The number of carbonyl (C=O) groups is 5. The molecule has 340 valence electrons. The number of H-pyrrole nitrogens is 1. The van der Waals surface area contributed by atoms with Gasteiger partial charge in [0.2, 0.25) is 17.6 Å². The van der Waals surface area contributed by atoms with E-state index in [1.165, 1.54) is 4.90 Å². The molecule has 18 nitrogen and oxygen atoms in total. The first-order valence-electron chi connectivity index (χ1n) is 20.5. The zero-order chi connectivity index (χ0) is 46.0. The van der Waals surface area contributed by atoms with Crippen LogP contribution in [0.15, 0.2) is 65.8 Å². The van der Waals surface area contributed by atoms with Gasteiger partial charge < -0.3 is 41.1 Å². The molecule has 6 rings (SSSR count). The number of aliphatic carboxylic acids is 1. The van der Waals surface area contributed by atoms with Gasteiger partial charge in [0.05, 0.1) is 6.04 Å². The molecule has 3 heterocycles. The highest BCUT2D eigenvalue weighted by Gasteiger charge is 2.38. The fourth-order valence-electron chi connectivity index (χ4n) is 7.48. The molecule has 63 heavy (non-hydrogen) atoms. The zero-order valence-electron chi connectivity index (χ0n) is 35.4. The Labute approximate surface area is 361 Å². The molecule has 4 amide bonds. The van der Waals surface area contributed by atoms with E-state index in [0.717, 1.165) is 35.2 Å². The number of amides is 4. The Balaban J connectivity index is 0.000000985. The number of anilines is 1. The largest absolute Gasteiger partial charge is 0.490 e. The number of aromatic nitrogens is 4. The van der Waals surface area contributed by atoms with Crippen LogP contribution < -0.4 is 21.3 Å². The Morgan fingerprint density at radius 1 is 0.984 bits per heavy atom. The molecule has 1 aliphatic carbocycles. The van der Waals surface area contributed by atoms with Crippen LogP contribution >= 0.6 is 0 Å². The van der Waals surface area contributed by atoms with Crippen LogP contribution in [0.25, 0.3) is 11.4 Å². The number of piperazine rings is 1. The quantitative estimate of drug-likeness (QED) is 0.133. The summed E-state index contributed by atoms with van der Waals surface area (Å²) < 4.78 is 37.1. The molecule has 3 aromatic rings. The van der Waals surface area contributed by atoms with Crippen molar-refractivity contribution in [3.63, 3.8) is 0 Å². The minimum atomic E-state index is -5.08. The summed E-state index contributed by atoms with van der Waals surface area (Å²) in [4.78, 5) is 66.3. The molecular formula is C42H53F3N10O8. The van der Waals surface area contributed by atoms with Gasteiger partial charge in [0.15, 0.2) is 0 Å². The molecule has 1 saturated carbocycles. The third kappa shape index (κ3) is 14.1. The van der Waals surface area contributed by atoms with Crippen LogP contribution in [0, 0.1) is 11.8 Å². The van der Waals surface area contributed by atoms with Crippen molar-refractivity contribution in [1.82, 2.24) is 41.5 Å². The van der Waals surface area contributed by atoms with Gasteiger partial charge in [-0.05, 0) is 93.0 Å². The second kappa shape index (κ2) is 20.7. The predicted octanol–water partition coefficient (Wildman–Crippen LogP) is 5.07. The maximum absolute atomic E-state index is 13.9. The molecule has 2 aliphatic heterocycles. The molecule has 1 saturated heterocycles. The zero-order valence-corrected chi connectivity index (χ0v) is 35.4. The normalized spacial score (nSPS) is 21.7. The van der Waals surface area contributed by atoms with Gasteiger partial charge >= 0.3 is 24.3 Å². The average molecular weight is 883 g/mol. The minimum absolute atomic E-state index is 0.162. The number of tetrazole rings is 1. The van der Waals surface area contributed by atoms with E-state index in [9.17, 15) is 37.5 Å². The number of ether oxygens (including phenoxy) is 1. The number of hydrogen-bond donors (Lipinski definition) is 7. The first-order valence-corrected chi connectivity index (χ1v) is 20.5. The minimum Gasteiger partial charge on any atom is -0.475 e. The molecule has 2 aromatic carbocycles. The third-order valence-corrected chi connectivity index (χ3v) is 10.9. The van der Waals surface area contributed by atoms with Gasteiger partial charge in [0.25, 0.3) is 0 Å². The number of aromatic amines is 1. The van der Waals surface area contributed by atoms with Crippen molar-refractivity contribution in [1.29, 1.82) is 0 Å². The van der Waals surface area contributed by atoms with Crippen molar-refractivity contribution in [2.45, 2.75) is 95.5 Å². The van der Waals surface area contributed by atoms with Gasteiger partial charge in [-0.25, -0.2) is 14.4 Å². The molecule has 3 aliphatic rings. The van der Waals surface area contributed by atoms with Crippen molar-refractivity contribution in [3.8, 4) is 11.4 Å². The van der Waals surface area contributed by atoms with E-state index < -0.39 is 36.0 Å². The number of alkyl carbamates (subject to hydrolysis) is 1. The SMILES string of the molecule is CC(C)(C)OC(=O)NCC1CCC(C(=O)N[C@@H](Cc2ccc(C3(C)C=CN=C(C4CN(C(=O)O)CCN4)C3)cc2)C(=O)Nc2ccc(-c3nn[nH]n3)cc2)CC1.O=C(O)C(F)(F)F. The summed E-state index contributed by atoms with van der Waals surface area (Å²) in [6.07, 6.45) is 1.13. The molecule has 2 fully saturated rings. The summed E-state index contributed by atoms with van der Waals surface area (Å²) in [5.41, 5.74) is 3.18. The molecule has 21 heteroatoms. The summed E-state index contributed by atoms with van der Waals surface area (Å²) in [5.74, 6) is -2.85. The number of carbonyl (C=O) groups excluding carboxylic acids is 3. The number of carboxylic acid groups (broad SMARTS) is 2. The smallest absolute Gasteiger partial charge is 0.475 e.